The molecule has 3 unspecified atom stereocenters. The van der Waals surface area contributed by atoms with Crippen molar-refractivity contribution in [2.45, 2.75) is 39.7 Å². The number of carbonyl (C=O) groups is 1. The largest absolute Gasteiger partial charge is 0.393 e. The predicted octanol–water partition coefficient (Wildman–Crippen LogP) is 1.26. The van der Waals surface area contributed by atoms with Gasteiger partial charge < -0.3 is 10.0 Å². The van der Waals surface area contributed by atoms with Crippen LogP contribution in [0.1, 0.15) is 33.6 Å². The summed E-state index contributed by atoms with van der Waals surface area (Å²) in [5.41, 5.74) is -0.288. The Labute approximate surface area is 91.5 Å². The number of aliphatic hydroxyl groups is 1. The number of hydrogen-bond donors (Lipinski definition) is 1. The van der Waals surface area contributed by atoms with Crippen molar-refractivity contribution in [3.63, 3.8) is 0 Å². The molecule has 1 saturated carbocycles. The van der Waals surface area contributed by atoms with Crippen molar-refractivity contribution >= 4 is 5.91 Å². The maximum Gasteiger partial charge on any atom is 0.227 e. The van der Waals surface area contributed by atoms with Gasteiger partial charge in [0, 0.05) is 24.4 Å². The molecule has 0 aromatic rings. The maximum atomic E-state index is 12.0. The van der Waals surface area contributed by atoms with Crippen LogP contribution in [-0.2, 0) is 4.79 Å². The van der Waals surface area contributed by atoms with Gasteiger partial charge in [-0.05, 0) is 18.8 Å². The molecule has 3 atom stereocenters. The maximum absolute atomic E-state index is 12.0. The van der Waals surface area contributed by atoms with Crippen molar-refractivity contribution < 1.29 is 9.90 Å². The van der Waals surface area contributed by atoms with Gasteiger partial charge in [-0.15, -0.1) is 0 Å². The lowest BCUT2D eigenvalue weighted by molar-refractivity contribution is -0.138. The van der Waals surface area contributed by atoms with Crippen LogP contribution < -0.4 is 0 Å². The van der Waals surface area contributed by atoms with E-state index in [0.717, 1.165) is 25.9 Å². The Bertz CT molecular complexity index is 269. The Morgan fingerprint density at radius 2 is 1.93 bits per heavy atom. The van der Waals surface area contributed by atoms with Gasteiger partial charge in [0.25, 0.3) is 0 Å². The van der Waals surface area contributed by atoms with E-state index in [1.54, 1.807) is 0 Å². The van der Waals surface area contributed by atoms with Gasteiger partial charge in [-0.25, -0.2) is 0 Å². The van der Waals surface area contributed by atoms with E-state index in [-0.39, 0.29) is 17.4 Å². The molecule has 2 rings (SSSR count). The summed E-state index contributed by atoms with van der Waals surface area (Å²) in [6.07, 6.45) is 1.83. The fourth-order valence-electron chi connectivity index (χ4n) is 2.88. The summed E-state index contributed by atoms with van der Waals surface area (Å²) in [5, 5.41) is 9.76. The first-order chi connectivity index (χ1) is 6.89. The van der Waals surface area contributed by atoms with Crippen molar-refractivity contribution in [1.82, 2.24) is 4.90 Å². The third kappa shape index (κ3) is 1.89. The van der Waals surface area contributed by atoms with Gasteiger partial charge in [0.1, 0.15) is 0 Å². The number of amides is 1. The highest BCUT2D eigenvalue weighted by molar-refractivity contribution is 5.81. The Kier molecular flexibility index (Phi) is 2.53. The molecule has 86 valence electrons. The summed E-state index contributed by atoms with van der Waals surface area (Å²) in [5.74, 6) is 1.12. The molecule has 0 aromatic heterocycles. The minimum Gasteiger partial charge on any atom is -0.393 e. The molecule has 0 aromatic carbocycles. The zero-order valence-corrected chi connectivity index (χ0v) is 9.86. The third-order valence-corrected chi connectivity index (χ3v) is 3.75. The molecule has 1 N–H and O–H groups in total. The van der Waals surface area contributed by atoms with E-state index in [9.17, 15) is 9.90 Å². The highest BCUT2D eigenvalue weighted by Gasteiger charge is 2.44. The molecule has 1 heterocycles. The van der Waals surface area contributed by atoms with E-state index in [1.807, 2.05) is 25.7 Å². The van der Waals surface area contributed by atoms with Crippen LogP contribution in [0.5, 0.6) is 0 Å². The van der Waals surface area contributed by atoms with Gasteiger partial charge in [0.2, 0.25) is 5.91 Å². The predicted molar refractivity (Wildman–Crippen MR) is 58.3 cm³/mol. The van der Waals surface area contributed by atoms with E-state index in [1.165, 1.54) is 0 Å². The van der Waals surface area contributed by atoms with Gasteiger partial charge in [-0.1, -0.05) is 20.8 Å². The summed E-state index contributed by atoms with van der Waals surface area (Å²) in [4.78, 5) is 14.0. The summed E-state index contributed by atoms with van der Waals surface area (Å²) < 4.78 is 0. The monoisotopic (exact) mass is 211 g/mol. The molecular weight excluding hydrogens is 190 g/mol. The molecule has 15 heavy (non-hydrogen) atoms. The molecule has 2 fully saturated rings. The van der Waals surface area contributed by atoms with E-state index in [0.29, 0.717) is 11.8 Å². The second kappa shape index (κ2) is 3.48. The third-order valence-electron chi connectivity index (χ3n) is 3.75. The van der Waals surface area contributed by atoms with Crippen LogP contribution in [0.4, 0.5) is 0 Å². The molecule has 3 heteroatoms. The van der Waals surface area contributed by atoms with Gasteiger partial charge in [0.15, 0.2) is 0 Å². The standard InChI is InChI=1S/C12H21NO2/c1-12(2,3)11(15)13-6-8-4-5-10(14)9(8)7-13/h8-10,14H,4-7H2,1-3H3. The molecule has 2 aliphatic rings. The van der Waals surface area contributed by atoms with Crippen LogP contribution in [0, 0.1) is 17.3 Å². The number of rotatable bonds is 0. The Morgan fingerprint density at radius 1 is 1.27 bits per heavy atom. The molecule has 0 spiro atoms. The van der Waals surface area contributed by atoms with Crippen molar-refractivity contribution in [1.29, 1.82) is 0 Å². The minimum atomic E-state index is -0.288. The van der Waals surface area contributed by atoms with Crippen molar-refractivity contribution in [2.24, 2.45) is 17.3 Å². The number of nitrogens with zero attached hydrogens (tertiary/aromatic N) is 1. The van der Waals surface area contributed by atoms with Crippen LogP contribution in [-0.4, -0.2) is 35.1 Å². The smallest absolute Gasteiger partial charge is 0.227 e. The van der Waals surface area contributed by atoms with E-state index < -0.39 is 0 Å². The molecule has 1 aliphatic heterocycles. The molecule has 1 amide bonds. The first kappa shape index (κ1) is 10.9. The quantitative estimate of drug-likeness (QED) is 0.655. The number of likely N-dealkylation sites (tertiary alicyclic amines) is 1. The van der Waals surface area contributed by atoms with Crippen LogP contribution in [0.25, 0.3) is 0 Å². The Balaban J connectivity index is 2.02. The van der Waals surface area contributed by atoms with Gasteiger partial charge in [-0.2, -0.15) is 0 Å². The number of aliphatic hydroxyl groups excluding tert-OH is 1. The Morgan fingerprint density at radius 3 is 2.47 bits per heavy atom. The van der Waals surface area contributed by atoms with Gasteiger partial charge in [0.05, 0.1) is 6.10 Å². The summed E-state index contributed by atoms with van der Waals surface area (Å²) >= 11 is 0. The molecule has 1 saturated heterocycles. The van der Waals surface area contributed by atoms with Crippen molar-refractivity contribution in [3.05, 3.63) is 0 Å². The Hall–Kier alpha value is -0.570. The highest BCUT2D eigenvalue weighted by atomic mass is 16.3. The van der Waals surface area contributed by atoms with E-state index >= 15 is 0 Å². The average molecular weight is 211 g/mol. The number of fused-ring (bicyclic) bond motifs is 1. The zero-order valence-electron chi connectivity index (χ0n) is 9.86. The summed E-state index contributed by atoms with van der Waals surface area (Å²) in [6.45, 7) is 7.50. The topological polar surface area (TPSA) is 40.5 Å². The summed E-state index contributed by atoms with van der Waals surface area (Å²) in [7, 11) is 0. The second-order valence-electron chi connectivity index (χ2n) is 6.03. The van der Waals surface area contributed by atoms with Gasteiger partial charge >= 0.3 is 0 Å². The highest BCUT2D eigenvalue weighted by Crippen LogP contribution is 2.39. The van der Waals surface area contributed by atoms with Crippen LogP contribution >= 0.6 is 0 Å². The SMILES string of the molecule is CC(C)(C)C(=O)N1CC2CCC(O)C2C1. The molecule has 0 radical (unpaired) electrons. The molecule has 0 bridgehead atoms. The van der Waals surface area contributed by atoms with Crippen molar-refractivity contribution in [2.75, 3.05) is 13.1 Å². The fraction of sp³-hybridized carbons (Fsp3) is 0.917. The molecule has 3 nitrogen and oxygen atoms in total. The first-order valence-electron chi connectivity index (χ1n) is 5.87. The van der Waals surface area contributed by atoms with E-state index in [2.05, 4.69) is 0 Å². The minimum absolute atomic E-state index is 0.173. The normalized spacial score (nSPS) is 35.7. The number of hydrogen-bond acceptors (Lipinski definition) is 2. The first-order valence-corrected chi connectivity index (χ1v) is 5.87. The van der Waals surface area contributed by atoms with Gasteiger partial charge in [-0.3, -0.25) is 4.79 Å². The van der Waals surface area contributed by atoms with Crippen LogP contribution in [0.2, 0.25) is 0 Å². The summed E-state index contributed by atoms with van der Waals surface area (Å²) in [6, 6.07) is 0. The molecular formula is C12H21NO2. The second-order valence-corrected chi connectivity index (χ2v) is 6.03. The van der Waals surface area contributed by atoms with Crippen LogP contribution in [0.15, 0.2) is 0 Å². The van der Waals surface area contributed by atoms with E-state index in [4.69, 9.17) is 0 Å². The lowest BCUT2D eigenvalue weighted by Gasteiger charge is -2.26. The lowest BCUT2D eigenvalue weighted by atomic mass is 9.95. The lowest BCUT2D eigenvalue weighted by Crippen LogP contribution is -2.39. The average Bonchev–Trinajstić information content (AvgIpc) is 2.66. The molecule has 1 aliphatic carbocycles. The van der Waals surface area contributed by atoms with Crippen molar-refractivity contribution in [3.8, 4) is 0 Å². The fourth-order valence-corrected chi connectivity index (χ4v) is 2.88. The number of carbonyl (C=O) groups excluding carboxylic acids is 1. The van der Waals surface area contributed by atoms with Crippen LogP contribution in [0.3, 0.4) is 0 Å². The zero-order chi connectivity index (χ0) is 11.2.